The maximum atomic E-state index is 13.0. The molecule has 0 fully saturated rings. The van der Waals surface area contributed by atoms with Gasteiger partial charge in [-0.1, -0.05) is 24.3 Å². The highest BCUT2D eigenvalue weighted by Gasteiger charge is 2.44. The van der Waals surface area contributed by atoms with Gasteiger partial charge in [0.2, 0.25) is 12.7 Å². The lowest BCUT2D eigenvalue weighted by Gasteiger charge is -2.40. The summed E-state index contributed by atoms with van der Waals surface area (Å²) in [6, 6.07) is 12.1. The number of fused-ring (bicyclic) bond motifs is 4. The maximum absolute atomic E-state index is 13.0. The van der Waals surface area contributed by atoms with Gasteiger partial charge in [-0.2, -0.15) is 0 Å². The molecule has 154 valence electrons. The summed E-state index contributed by atoms with van der Waals surface area (Å²) >= 11 is 5.95. The van der Waals surface area contributed by atoms with Crippen molar-refractivity contribution in [3.05, 3.63) is 59.3 Å². The minimum atomic E-state index is -0.789. The summed E-state index contributed by atoms with van der Waals surface area (Å²) in [5, 5.41) is 1.02. The van der Waals surface area contributed by atoms with Crippen molar-refractivity contribution in [1.82, 2.24) is 9.88 Å². The highest BCUT2D eigenvalue weighted by atomic mass is 35.5. The van der Waals surface area contributed by atoms with E-state index in [1.807, 2.05) is 42.5 Å². The van der Waals surface area contributed by atoms with E-state index in [1.165, 1.54) is 12.0 Å². The standard InChI is InChI=1S/C22H19ClN2O5/c1-28-22(27)16-9-14-13-4-2-3-5-15(13)24-20(14)21(25(16)19(26)10-23)12-6-7-17-18(8-12)30-11-29-17/h2-8,16,21,24H,9-11H2,1H3/t16?,21-/m1/s1. The number of aromatic nitrogens is 1. The fraction of sp³-hybridized carbons (Fsp3) is 0.273. The van der Waals surface area contributed by atoms with Gasteiger partial charge < -0.3 is 24.1 Å². The molecule has 0 saturated heterocycles. The number of ether oxygens (including phenoxy) is 3. The Balaban J connectivity index is 1.75. The molecule has 0 bridgehead atoms. The second-order valence-corrected chi connectivity index (χ2v) is 7.52. The molecule has 7 nitrogen and oxygen atoms in total. The van der Waals surface area contributed by atoms with Gasteiger partial charge in [0.15, 0.2) is 11.5 Å². The molecule has 2 aliphatic rings. The molecule has 1 unspecified atom stereocenters. The van der Waals surface area contributed by atoms with Gasteiger partial charge in [0, 0.05) is 23.0 Å². The Hall–Kier alpha value is -3.19. The summed E-state index contributed by atoms with van der Waals surface area (Å²) in [5.41, 5.74) is 3.58. The molecule has 2 atom stereocenters. The van der Waals surface area contributed by atoms with E-state index in [0.717, 1.165) is 27.7 Å². The summed E-state index contributed by atoms with van der Waals surface area (Å²) in [5.74, 6) is 0.174. The summed E-state index contributed by atoms with van der Waals surface area (Å²) in [4.78, 5) is 30.7. The second kappa shape index (κ2) is 7.25. The molecule has 3 heterocycles. The molecule has 2 aromatic carbocycles. The van der Waals surface area contributed by atoms with Crippen molar-refractivity contribution in [3.63, 3.8) is 0 Å². The first kappa shape index (κ1) is 18.8. The molecule has 3 aromatic rings. The van der Waals surface area contributed by atoms with Crippen LogP contribution >= 0.6 is 11.6 Å². The van der Waals surface area contributed by atoms with E-state index in [-0.39, 0.29) is 18.6 Å². The summed E-state index contributed by atoms with van der Waals surface area (Å²) in [6.45, 7) is 0.149. The van der Waals surface area contributed by atoms with Crippen molar-refractivity contribution in [1.29, 1.82) is 0 Å². The number of para-hydroxylation sites is 1. The first-order valence-electron chi connectivity index (χ1n) is 9.56. The van der Waals surface area contributed by atoms with Crippen LogP contribution in [0.4, 0.5) is 0 Å². The smallest absolute Gasteiger partial charge is 0.328 e. The van der Waals surface area contributed by atoms with Crippen LogP contribution in [0.15, 0.2) is 42.5 Å². The Morgan fingerprint density at radius 3 is 2.80 bits per heavy atom. The van der Waals surface area contributed by atoms with Crippen LogP contribution in [0.2, 0.25) is 0 Å². The largest absolute Gasteiger partial charge is 0.467 e. The highest BCUT2D eigenvalue weighted by molar-refractivity contribution is 6.27. The third kappa shape index (κ3) is 2.81. The van der Waals surface area contributed by atoms with E-state index >= 15 is 0 Å². The van der Waals surface area contributed by atoms with Gasteiger partial charge in [-0.3, -0.25) is 4.79 Å². The van der Waals surface area contributed by atoms with Crippen LogP contribution in [0.25, 0.3) is 10.9 Å². The number of hydrogen-bond acceptors (Lipinski definition) is 5. The van der Waals surface area contributed by atoms with E-state index in [2.05, 4.69) is 4.98 Å². The van der Waals surface area contributed by atoms with E-state index in [0.29, 0.717) is 17.9 Å². The summed E-state index contributed by atoms with van der Waals surface area (Å²) in [6.07, 6.45) is 0.343. The zero-order chi connectivity index (χ0) is 20.8. The number of methoxy groups -OCH3 is 1. The van der Waals surface area contributed by atoms with Gasteiger partial charge in [-0.25, -0.2) is 4.79 Å². The van der Waals surface area contributed by atoms with Gasteiger partial charge in [0.1, 0.15) is 11.9 Å². The fourth-order valence-electron chi connectivity index (χ4n) is 4.42. The van der Waals surface area contributed by atoms with Crippen molar-refractivity contribution in [3.8, 4) is 11.5 Å². The van der Waals surface area contributed by atoms with E-state index in [4.69, 9.17) is 25.8 Å². The third-order valence-electron chi connectivity index (χ3n) is 5.72. The molecular formula is C22H19ClN2O5. The van der Waals surface area contributed by atoms with Crippen LogP contribution in [0.5, 0.6) is 11.5 Å². The monoisotopic (exact) mass is 426 g/mol. The Bertz CT molecular complexity index is 1160. The summed E-state index contributed by atoms with van der Waals surface area (Å²) in [7, 11) is 1.33. The molecular weight excluding hydrogens is 408 g/mol. The van der Waals surface area contributed by atoms with Gasteiger partial charge in [0.05, 0.1) is 13.2 Å². The number of carbonyl (C=O) groups is 2. The Morgan fingerprint density at radius 1 is 1.20 bits per heavy atom. The normalized spacial score (nSPS) is 19.6. The fourth-order valence-corrected chi connectivity index (χ4v) is 4.55. The molecule has 0 aliphatic carbocycles. The number of H-pyrrole nitrogens is 1. The predicted molar refractivity (Wildman–Crippen MR) is 110 cm³/mol. The number of hydrogen-bond donors (Lipinski definition) is 1. The van der Waals surface area contributed by atoms with Gasteiger partial charge in [0.25, 0.3) is 0 Å². The molecule has 1 aromatic heterocycles. The first-order chi connectivity index (χ1) is 14.6. The number of amides is 1. The number of aromatic amines is 1. The molecule has 1 N–H and O–H groups in total. The second-order valence-electron chi connectivity index (χ2n) is 7.26. The SMILES string of the molecule is COC(=O)C1Cc2c([nH]c3ccccc23)[C@@H](c2ccc3c(c2)OCO3)N1C(=O)CCl. The van der Waals surface area contributed by atoms with Crippen LogP contribution in [0, 0.1) is 0 Å². The first-order valence-corrected chi connectivity index (χ1v) is 10.1. The predicted octanol–water partition coefficient (Wildman–Crippen LogP) is 3.15. The molecule has 1 amide bonds. The Labute approximate surface area is 177 Å². The van der Waals surface area contributed by atoms with Crippen LogP contribution in [-0.2, 0) is 20.7 Å². The molecule has 0 radical (unpaired) electrons. The molecule has 30 heavy (non-hydrogen) atoms. The zero-order valence-corrected chi connectivity index (χ0v) is 16.9. The molecule has 0 saturated carbocycles. The lowest BCUT2D eigenvalue weighted by molar-refractivity contribution is -0.154. The topological polar surface area (TPSA) is 80.9 Å². The van der Waals surface area contributed by atoms with Crippen LogP contribution in [0.1, 0.15) is 22.9 Å². The van der Waals surface area contributed by atoms with Crippen molar-refractivity contribution < 1.29 is 23.8 Å². The molecule has 2 aliphatic heterocycles. The Kier molecular flexibility index (Phi) is 4.55. The number of halogens is 1. The lowest BCUT2D eigenvalue weighted by Crippen LogP contribution is -2.52. The number of rotatable bonds is 3. The number of esters is 1. The number of alkyl halides is 1. The van der Waals surface area contributed by atoms with Crippen molar-refractivity contribution in [2.75, 3.05) is 19.8 Å². The number of nitrogens with one attached hydrogen (secondary N) is 1. The summed E-state index contributed by atoms with van der Waals surface area (Å²) < 4.78 is 16.0. The molecule has 5 rings (SSSR count). The quantitative estimate of drug-likeness (QED) is 0.514. The van der Waals surface area contributed by atoms with Crippen molar-refractivity contribution >= 4 is 34.4 Å². The average molecular weight is 427 g/mol. The van der Waals surface area contributed by atoms with Crippen LogP contribution in [0.3, 0.4) is 0 Å². The zero-order valence-electron chi connectivity index (χ0n) is 16.2. The lowest BCUT2D eigenvalue weighted by atomic mass is 9.87. The van der Waals surface area contributed by atoms with E-state index in [1.54, 1.807) is 0 Å². The number of carbonyl (C=O) groups excluding carboxylic acids is 2. The number of nitrogens with zero attached hydrogens (tertiary/aromatic N) is 1. The minimum Gasteiger partial charge on any atom is -0.467 e. The van der Waals surface area contributed by atoms with Gasteiger partial charge in [-0.15, -0.1) is 11.6 Å². The maximum Gasteiger partial charge on any atom is 0.328 e. The number of benzene rings is 2. The van der Waals surface area contributed by atoms with Crippen molar-refractivity contribution in [2.45, 2.75) is 18.5 Å². The van der Waals surface area contributed by atoms with Crippen molar-refractivity contribution in [2.24, 2.45) is 0 Å². The molecule has 0 spiro atoms. The molecule has 8 heteroatoms. The van der Waals surface area contributed by atoms with Crippen LogP contribution in [-0.4, -0.2) is 47.6 Å². The Morgan fingerprint density at radius 2 is 2.00 bits per heavy atom. The highest BCUT2D eigenvalue weighted by Crippen LogP contribution is 2.44. The van der Waals surface area contributed by atoms with Crippen LogP contribution < -0.4 is 9.47 Å². The van der Waals surface area contributed by atoms with Gasteiger partial charge in [-0.05, 0) is 29.3 Å². The average Bonchev–Trinajstić information content (AvgIpc) is 3.40. The minimum absolute atomic E-state index is 0.149. The van der Waals surface area contributed by atoms with E-state index < -0.39 is 18.1 Å². The van der Waals surface area contributed by atoms with E-state index in [9.17, 15) is 9.59 Å². The third-order valence-corrected chi connectivity index (χ3v) is 5.95. The van der Waals surface area contributed by atoms with Gasteiger partial charge >= 0.3 is 5.97 Å².